The minimum Gasteiger partial charge on any atom is -0.505 e. The molecule has 2 aromatic rings. The van der Waals surface area contributed by atoms with Crippen LogP contribution in [0.2, 0.25) is 0 Å². The van der Waals surface area contributed by atoms with Gasteiger partial charge >= 0.3 is 5.97 Å². The van der Waals surface area contributed by atoms with Crippen LogP contribution in [0, 0.1) is 6.92 Å². The number of ether oxygens (including phenoxy) is 1. The highest BCUT2D eigenvalue weighted by atomic mass is 16.5. The first-order valence-electron chi connectivity index (χ1n) is 8.14. The Kier molecular flexibility index (Phi) is 6.51. The zero-order valence-electron chi connectivity index (χ0n) is 14.1. The summed E-state index contributed by atoms with van der Waals surface area (Å²) in [6.07, 6.45) is 3.46. The number of pyridine rings is 1. The van der Waals surface area contributed by atoms with Crippen molar-refractivity contribution in [3.8, 4) is 17.2 Å². The molecule has 0 spiro atoms. The monoisotopic (exact) mass is 343 g/mol. The van der Waals surface area contributed by atoms with E-state index in [0.29, 0.717) is 30.8 Å². The molecule has 2 rings (SSSR count). The second-order valence-corrected chi connectivity index (χ2v) is 5.83. The summed E-state index contributed by atoms with van der Waals surface area (Å²) in [7, 11) is 0. The molecule has 0 radical (unpaired) electrons. The normalized spacial score (nSPS) is 10.4. The number of aliphatic carboxylic acids is 1. The topological polar surface area (TPSA) is 96.7 Å². The second-order valence-electron chi connectivity index (χ2n) is 5.83. The van der Waals surface area contributed by atoms with Crippen molar-refractivity contribution in [3.63, 3.8) is 0 Å². The maximum atomic E-state index is 12.1. The highest BCUT2D eigenvalue weighted by molar-refractivity contribution is 5.96. The Balaban J connectivity index is 1.90. The number of hydrogen-bond acceptors (Lipinski definition) is 5. The van der Waals surface area contributed by atoms with Crippen LogP contribution in [0.5, 0.6) is 17.2 Å². The Hall–Kier alpha value is -2.89. The Bertz CT molecular complexity index is 740. The van der Waals surface area contributed by atoms with Gasteiger partial charge < -0.3 is 14.9 Å². The third-order valence-corrected chi connectivity index (χ3v) is 3.66. The molecule has 1 aromatic carbocycles. The van der Waals surface area contributed by atoms with Gasteiger partial charge in [0.1, 0.15) is 22.9 Å². The fraction of sp³-hybridized carbons (Fsp3) is 0.316. The van der Waals surface area contributed by atoms with Gasteiger partial charge in [0, 0.05) is 18.9 Å². The number of aryl methyl sites for hydroxylation is 1. The summed E-state index contributed by atoms with van der Waals surface area (Å²) in [6.45, 7) is 1.97. The summed E-state index contributed by atoms with van der Waals surface area (Å²) >= 11 is 0. The molecule has 0 aliphatic heterocycles. The van der Waals surface area contributed by atoms with E-state index in [4.69, 9.17) is 9.84 Å². The van der Waals surface area contributed by atoms with E-state index in [0.717, 1.165) is 5.56 Å². The van der Waals surface area contributed by atoms with Crippen LogP contribution in [-0.2, 0) is 4.79 Å². The number of unbranched alkanes of at least 4 members (excludes halogenated alkanes) is 2. The lowest BCUT2D eigenvalue weighted by atomic mass is 10.1. The molecule has 1 heterocycles. The van der Waals surface area contributed by atoms with Gasteiger partial charge in [-0.3, -0.25) is 9.59 Å². The molecule has 0 saturated heterocycles. The predicted octanol–water partition coefficient (Wildman–Crippen LogP) is 4.11. The van der Waals surface area contributed by atoms with Crippen LogP contribution in [0.15, 0.2) is 36.5 Å². The minimum atomic E-state index is -0.838. The van der Waals surface area contributed by atoms with E-state index in [1.54, 1.807) is 0 Å². The Labute approximate surface area is 146 Å². The summed E-state index contributed by atoms with van der Waals surface area (Å²) in [4.78, 5) is 26.5. The first-order chi connectivity index (χ1) is 12.0. The summed E-state index contributed by atoms with van der Waals surface area (Å²) in [5, 5.41) is 18.6. The van der Waals surface area contributed by atoms with Crippen LogP contribution in [0.3, 0.4) is 0 Å². The number of carboxylic acids is 1. The second kappa shape index (κ2) is 8.82. The number of benzene rings is 1. The van der Waals surface area contributed by atoms with Crippen molar-refractivity contribution in [1.82, 2.24) is 4.98 Å². The third kappa shape index (κ3) is 5.91. The van der Waals surface area contributed by atoms with Crippen LogP contribution in [0.4, 0.5) is 0 Å². The number of carbonyl (C=O) groups excluding carboxylic acids is 1. The molecule has 0 saturated carbocycles. The number of nitrogens with zero attached hydrogens (tertiary/aromatic N) is 1. The Morgan fingerprint density at radius 1 is 1.04 bits per heavy atom. The lowest BCUT2D eigenvalue weighted by molar-refractivity contribution is -0.137. The van der Waals surface area contributed by atoms with Crippen molar-refractivity contribution in [2.75, 3.05) is 0 Å². The van der Waals surface area contributed by atoms with Gasteiger partial charge in [0.25, 0.3) is 0 Å². The van der Waals surface area contributed by atoms with Crippen LogP contribution in [-0.4, -0.2) is 26.9 Å². The van der Waals surface area contributed by atoms with Gasteiger partial charge in [0.15, 0.2) is 5.78 Å². The van der Waals surface area contributed by atoms with Gasteiger partial charge in [-0.05, 0) is 31.9 Å². The number of aromatic nitrogens is 1. The molecule has 132 valence electrons. The molecule has 0 atom stereocenters. The zero-order chi connectivity index (χ0) is 18.2. The maximum absolute atomic E-state index is 12.1. The largest absolute Gasteiger partial charge is 0.505 e. The van der Waals surface area contributed by atoms with E-state index in [-0.39, 0.29) is 30.1 Å². The number of Topliss-reactive ketones (excluding diaryl/α,β-unsaturated/α-hetero) is 1. The lowest BCUT2D eigenvalue weighted by Crippen LogP contribution is -2.03. The van der Waals surface area contributed by atoms with Crippen molar-refractivity contribution < 1.29 is 24.5 Å². The van der Waals surface area contributed by atoms with Crippen LogP contribution in [0.25, 0.3) is 0 Å². The molecule has 6 heteroatoms. The first-order valence-corrected chi connectivity index (χ1v) is 8.14. The molecule has 0 amide bonds. The number of carbonyl (C=O) groups is 2. The van der Waals surface area contributed by atoms with Gasteiger partial charge in [-0.2, -0.15) is 0 Å². The lowest BCUT2D eigenvalue weighted by Gasteiger charge is -2.08. The fourth-order valence-corrected chi connectivity index (χ4v) is 2.30. The number of rotatable bonds is 9. The maximum Gasteiger partial charge on any atom is 0.303 e. The van der Waals surface area contributed by atoms with E-state index in [2.05, 4.69) is 4.98 Å². The molecule has 0 fully saturated rings. The van der Waals surface area contributed by atoms with E-state index < -0.39 is 5.97 Å². The molecule has 25 heavy (non-hydrogen) atoms. The van der Waals surface area contributed by atoms with Gasteiger partial charge in [-0.15, -0.1) is 0 Å². The van der Waals surface area contributed by atoms with Crippen molar-refractivity contribution in [2.24, 2.45) is 0 Å². The number of ketones is 1. The molecule has 0 aliphatic rings. The standard InChI is InChI=1S/C19H21NO5/c1-13-7-9-14(10-8-13)25-15-11-17(22)19(20-12-15)16(21)5-3-2-4-6-18(23)24/h7-12,22H,2-6H2,1H3,(H,23,24). The molecular formula is C19H21NO5. The predicted molar refractivity (Wildman–Crippen MR) is 92.2 cm³/mol. The zero-order valence-corrected chi connectivity index (χ0v) is 14.1. The van der Waals surface area contributed by atoms with E-state index in [1.165, 1.54) is 12.3 Å². The van der Waals surface area contributed by atoms with Crippen LogP contribution in [0.1, 0.15) is 48.2 Å². The van der Waals surface area contributed by atoms with Crippen molar-refractivity contribution in [2.45, 2.75) is 39.0 Å². The van der Waals surface area contributed by atoms with E-state index in [9.17, 15) is 14.7 Å². The van der Waals surface area contributed by atoms with Crippen molar-refractivity contribution in [1.29, 1.82) is 0 Å². The molecular weight excluding hydrogens is 322 g/mol. The number of hydrogen-bond donors (Lipinski definition) is 2. The highest BCUT2D eigenvalue weighted by Gasteiger charge is 2.14. The SMILES string of the molecule is Cc1ccc(Oc2cnc(C(=O)CCCCCC(=O)O)c(O)c2)cc1. The smallest absolute Gasteiger partial charge is 0.303 e. The quantitative estimate of drug-likeness (QED) is 0.525. The van der Waals surface area contributed by atoms with Crippen molar-refractivity contribution >= 4 is 11.8 Å². The average Bonchev–Trinajstić information content (AvgIpc) is 2.56. The fourth-order valence-electron chi connectivity index (χ4n) is 2.30. The summed E-state index contributed by atoms with van der Waals surface area (Å²) < 4.78 is 5.60. The van der Waals surface area contributed by atoms with E-state index >= 15 is 0 Å². The summed E-state index contributed by atoms with van der Waals surface area (Å²) in [6, 6.07) is 8.80. The van der Waals surface area contributed by atoms with Gasteiger partial charge in [0.2, 0.25) is 0 Å². The van der Waals surface area contributed by atoms with Crippen molar-refractivity contribution in [3.05, 3.63) is 47.8 Å². The van der Waals surface area contributed by atoms with Gasteiger partial charge in [0.05, 0.1) is 6.20 Å². The van der Waals surface area contributed by atoms with Crippen LogP contribution >= 0.6 is 0 Å². The molecule has 0 aliphatic carbocycles. The molecule has 0 bridgehead atoms. The molecule has 6 nitrogen and oxygen atoms in total. The molecule has 0 unspecified atom stereocenters. The first kappa shape index (κ1) is 18.4. The highest BCUT2D eigenvalue weighted by Crippen LogP contribution is 2.27. The molecule has 2 N–H and O–H groups in total. The average molecular weight is 343 g/mol. The van der Waals surface area contributed by atoms with Gasteiger partial charge in [-0.1, -0.05) is 24.1 Å². The summed E-state index contributed by atoms with van der Waals surface area (Å²) in [5.41, 5.74) is 1.12. The van der Waals surface area contributed by atoms with Gasteiger partial charge in [-0.25, -0.2) is 4.98 Å². The third-order valence-electron chi connectivity index (χ3n) is 3.66. The number of carboxylic acid groups (broad SMARTS) is 1. The Morgan fingerprint density at radius 3 is 2.36 bits per heavy atom. The number of aromatic hydroxyl groups is 1. The van der Waals surface area contributed by atoms with Crippen LogP contribution < -0.4 is 4.74 Å². The van der Waals surface area contributed by atoms with E-state index in [1.807, 2.05) is 31.2 Å². The molecule has 1 aromatic heterocycles. The Morgan fingerprint density at radius 2 is 1.72 bits per heavy atom. The summed E-state index contributed by atoms with van der Waals surface area (Å²) in [5.74, 6) is -0.367. The minimum absolute atomic E-state index is 0.00879.